The molecular formula is C19H21F3NO4P. The Bertz CT molecular complexity index is 826. The van der Waals surface area contributed by atoms with E-state index in [1.54, 1.807) is 26.0 Å². The molecule has 1 N–H and O–H groups in total. The number of hydrogen-bond acceptors (Lipinski definition) is 4. The number of carbonyl (C=O) groups is 1. The van der Waals surface area contributed by atoms with E-state index in [4.69, 9.17) is 9.05 Å². The highest BCUT2D eigenvalue weighted by Crippen LogP contribution is 2.51. The number of carbonyl (C=O) groups excluding carboxylic acids is 1. The Morgan fingerprint density at radius 3 is 1.96 bits per heavy atom. The largest absolute Gasteiger partial charge is 0.416 e. The zero-order valence-electron chi connectivity index (χ0n) is 15.5. The fraction of sp³-hybridized carbons (Fsp3) is 0.316. The topological polar surface area (TPSA) is 64.6 Å². The SMILES string of the molecule is CCOP(=O)(Cc1ccc(C(=O)Nc2ccc(C(F)(F)F)cc2)cc1)OCC. The third kappa shape index (κ3) is 6.19. The first kappa shape index (κ1) is 22.1. The molecule has 1 amide bonds. The quantitative estimate of drug-likeness (QED) is 0.560. The lowest BCUT2D eigenvalue weighted by Gasteiger charge is -2.17. The molecule has 152 valence electrons. The highest BCUT2D eigenvalue weighted by atomic mass is 31.2. The highest BCUT2D eigenvalue weighted by molar-refractivity contribution is 7.53. The number of alkyl halides is 3. The zero-order valence-corrected chi connectivity index (χ0v) is 16.3. The fourth-order valence-corrected chi connectivity index (χ4v) is 4.15. The number of benzene rings is 2. The van der Waals surface area contributed by atoms with Crippen molar-refractivity contribution in [1.82, 2.24) is 0 Å². The maximum Gasteiger partial charge on any atom is 0.416 e. The van der Waals surface area contributed by atoms with Gasteiger partial charge in [-0.25, -0.2) is 0 Å². The fourth-order valence-electron chi connectivity index (χ4n) is 2.45. The third-order valence-electron chi connectivity index (χ3n) is 3.71. The summed E-state index contributed by atoms with van der Waals surface area (Å²) in [5.41, 5.74) is 0.449. The Morgan fingerprint density at radius 2 is 1.50 bits per heavy atom. The number of amides is 1. The molecule has 0 heterocycles. The second kappa shape index (κ2) is 9.37. The average molecular weight is 415 g/mol. The molecule has 0 fully saturated rings. The minimum atomic E-state index is -4.43. The zero-order chi connectivity index (χ0) is 20.8. The van der Waals surface area contributed by atoms with Crippen molar-refractivity contribution in [2.24, 2.45) is 0 Å². The molecule has 0 saturated carbocycles. The van der Waals surface area contributed by atoms with Crippen molar-refractivity contribution in [3.05, 3.63) is 65.2 Å². The van der Waals surface area contributed by atoms with Crippen molar-refractivity contribution in [3.8, 4) is 0 Å². The van der Waals surface area contributed by atoms with Crippen LogP contribution in [0.3, 0.4) is 0 Å². The Labute approximate surface area is 161 Å². The molecule has 9 heteroatoms. The molecule has 5 nitrogen and oxygen atoms in total. The second-order valence-electron chi connectivity index (χ2n) is 5.83. The van der Waals surface area contributed by atoms with Gasteiger partial charge in [0.15, 0.2) is 0 Å². The highest BCUT2D eigenvalue weighted by Gasteiger charge is 2.30. The van der Waals surface area contributed by atoms with Crippen molar-refractivity contribution in [3.63, 3.8) is 0 Å². The van der Waals surface area contributed by atoms with Gasteiger partial charge in [-0.15, -0.1) is 0 Å². The van der Waals surface area contributed by atoms with Crippen LogP contribution in [0, 0.1) is 0 Å². The number of nitrogens with one attached hydrogen (secondary N) is 1. The molecule has 0 bridgehead atoms. The summed E-state index contributed by atoms with van der Waals surface area (Å²) < 4.78 is 60.7. The number of anilines is 1. The van der Waals surface area contributed by atoms with E-state index in [0.717, 1.165) is 12.1 Å². The van der Waals surface area contributed by atoms with E-state index < -0.39 is 25.2 Å². The Hall–Kier alpha value is -2.15. The van der Waals surface area contributed by atoms with Gasteiger partial charge in [0.05, 0.1) is 24.9 Å². The van der Waals surface area contributed by atoms with Gasteiger partial charge in [0.25, 0.3) is 5.91 Å². The summed E-state index contributed by atoms with van der Waals surface area (Å²) in [5, 5.41) is 2.53. The van der Waals surface area contributed by atoms with E-state index in [-0.39, 0.29) is 25.1 Å². The summed E-state index contributed by atoms with van der Waals surface area (Å²) in [6.07, 6.45) is -4.35. The normalized spacial score (nSPS) is 12.0. The molecule has 2 aromatic rings. The lowest BCUT2D eigenvalue weighted by Crippen LogP contribution is -2.12. The van der Waals surface area contributed by atoms with Crippen LogP contribution in [0.1, 0.15) is 35.3 Å². The third-order valence-corrected chi connectivity index (χ3v) is 5.77. The van der Waals surface area contributed by atoms with Gasteiger partial charge in [-0.05, 0) is 55.8 Å². The van der Waals surface area contributed by atoms with E-state index in [1.165, 1.54) is 24.3 Å². The minimum absolute atomic E-state index is 0.0789. The molecule has 0 saturated heterocycles. The monoisotopic (exact) mass is 415 g/mol. The first-order valence-corrected chi connectivity index (χ1v) is 10.4. The van der Waals surface area contributed by atoms with Gasteiger partial charge in [0.2, 0.25) is 0 Å². The summed E-state index contributed by atoms with van der Waals surface area (Å²) in [7, 11) is -3.25. The minimum Gasteiger partial charge on any atom is -0.322 e. The first-order valence-electron chi connectivity index (χ1n) is 8.62. The Kier molecular flexibility index (Phi) is 7.41. The molecule has 2 rings (SSSR count). The molecule has 0 aliphatic carbocycles. The van der Waals surface area contributed by atoms with Crippen LogP contribution in [-0.4, -0.2) is 19.1 Å². The standard InChI is InChI=1S/C19H21F3NO4P/c1-3-26-28(25,27-4-2)13-14-5-7-15(8-6-14)18(24)23-17-11-9-16(10-12-17)19(20,21)22/h5-12H,3-4,13H2,1-2H3,(H,23,24). The van der Waals surface area contributed by atoms with E-state index in [0.29, 0.717) is 11.1 Å². The van der Waals surface area contributed by atoms with Crippen LogP contribution >= 0.6 is 7.60 Å². The maximum atomic E-state index is 12.6. The summed E-state index contributed by atoms with van der Waals surface area (Å²) >= 11 is 0. The molecule has 0 atom stereocenters. The van der Waals surface area contributed by atoms with Gasteiger partial charge in [-0.3, -0.25) is 9.36 Å². The number of hydrogen-bond donors (Lipinski definition) is 1. The van der Waals surface area contributed by atoms with Gasteiger partial charge in [-0.1, -0.05) is 12.1 Å². The lowest BCUT2D eigenvalue weighted by atomic mass is 10.1. The molecule has 0 radical (unpaired) electrons. The summed E-state index contributed by atoms with van der Waals surface area (Å²) in [4.78, 5) is 12.3. The van der Waals surface area contributed by atoms with Gasteiger partial charge in [-0.2, -0.15) is 13.2 Å². The van der Waals surface area contributed by atoms with E-state index >= 15 is 0 Å². The molecule has 0 aliphatic heterocycles. The van der Waals surface area contributed by atoms with E-state index in [2.05, 4.69) is 5.32 Å². The van der Waals surface area contributed by atoms with Crippen molar-refractivity contribution in [2.75, 3.05) is 18.5 Å². The smallest absolute Gasteiger partial charge is 0.322 e. The van der Waals surface area contributed by atoms with E-state index in [9.17, 15) is 22.5 Å². The predicted molar refractivity (Wildman–Crippen MR) is 100 cm³/mol. The summed E-state index contributed by atoms with van der Waals surface area (Å²) in [5.74, 6) is -0.468. The summed E-state index contributed by atoms with van der Waals surface area (Å²) in [6, 6.07) is 10.5. The van der Waals surface area contributed by atoms with Crippen LogP contribution < -0.4 is 5.32 Å². The first-order chi connectivity index (χ1) is 13.2. The molecule has 0 unspecified atom stereocenters. The van der Waals surface area contributed by atoms with Gasteiger partial charge >= 0.3 is 13.8 Å². The second-order valence-corrected chi connectivity index (χ2v) is 7.89. The Balaban J connectivity index is 2.04. The van der Waals surface area contributed by atoms with Gasteiger partial charge < -0.3 is 14.4 Å². The lowest BCUT2D eigenvalue weighted by molar-refractivity contribution is -0.137. The van der Waals surface area contributed by atoms with Crippen molar-refractivity contribution < 1.29 is 31.6 Å². The predicted octanol–water partition coefficient (Wildman–Crippen LogP) is 5.72. The van der Waals surface area contributed by atoms with Crippen molar-refractivity contribution in [1.29, 1.82) is 0 Å². The molecular weight excluding hydrogens is 394 g/mol. The van der Waals surface area contributed by atoms with E-state index in [1.807, 2.05) is 0 Å². The number of rotatable bonds is 8. The van der Waals surface area contributed by atoms with Crippen LogP contribution in [0.15, 0.2) is 48.5 Å². The van der Waals surface area contributed by atoms with Crippen LogP contribution in [0.2, 0.25) is 0 Å². The molecule has 0 spiro atoms. The van der Waals surface area contributed by atoms with Gasteiger partial charge in [0.1, 0.15) is 0 Å². The van der Waals surface area contributed by atoms with Crippen molar-refractivity contribution >= 4 is 19.2 Å². The molecule has 0 aliphatic rings. The molecule has 0 aromatic heterocycles. The van der Waals surface area contributed by atoms with Crippen molar-refractivity contribution in [2.45, 2.75) is 26.2 Å². The molecule has 2 aromatic carbocycles. The maximum absolute atomic E-state index is 12.6. The van der Waals surface area contributed by atoms with Crippen LogP contribution in [0.4, 0.5) is 18.9 Å². The van der Waals surface area contributed by atoms with Crippen LogP contribution in [0.5, 0.6) is 0 Å². The number of halogens is 3. The Morgan fingerprint density at radius 1 is 0.964 bits per heavy atom. The average Bonchev–Trinajstić information content (AvgIpc) is 2.62. The van der Waals surface area contributed by atoms with Crippen LogP contribution in [-0.2, 0) is 26.0 Å². The molecule has 28 heavy (non-hydrogen) atoms. The van der Waals surface area contributed by atoms with Crippen LogP contribution in [0.25, 0.3) is 0 Å². The van der Waals surface area contributed by atoms with Gasteiger partial charge in [0, 0.05) is 11.3 Å². The summed E-state index contributed by atoms with van der Waals surface area (Å²) in [6.45, 7) is 3.95.